The van der Waals surface area contributed by atoms with Crippen LogP contribution in [0.2, 0.25) is 0 Å². The van der Waals surface area contributed by atoms with Crippen molar-refractivity contribution in [2.24, 2.45) is 0 Å². The van der Waals surface area contributed by atoms with Crippen molar-refractivity contribution in [1.29, 1.82) is 0 Å². The molecular weight excluding hydrogens is 478 g/mol. The summed E-state index contributed by atoms with van der Waals surface area (Å²) in [6.45, 7) is 5.21. The first-order valence-electron chi connectivity index (χ1n) is 12.7. The third-order valence-electron chi connectivity index (χ3n) is 6.58. The first-order chi connectivity index (χ1) is 18.2. The monoisotopic (exact) mass is 509 g/mol. The van der Waals surface area contributed by atoms with Crippen LogP contribution in [-0.2, 0) is 27.3 Å². The molecule has 0 heterocycles. The summed E-state index contributed by atoms with van der Waals surface area (Å²) < 4.78 is 10.7. The molecule has 6 heteroatoms. The van der Waals surface area contributed by atoms with Gasteiger partial charge in [0.05, 0.1) is 13.2 Å². The molecule has 0 saturated carbocycles. The molecule has 194 valence electrons. The zero-order valence-corrected chi connectivity index (χ0v) is 21.8. The van der Waals surface area contributed by atoms with Crippen LogP contribution in [0.5, 0.6) is 0 Å². The van der Waals surface area contributed by atoms with E-state index in [2.05, 4.69) is 72.0 Å². The van der Waals surface area contributed by atoms with Crippen molar-refractivity contribution in [3.63, 3.8) is 0 Å². The minimum absolute atomic E-state index is 0.168. The van der Waals surface area contributed by atoms with Gasteiger partial charge in [-0.2, -0.15) is 0 Å². The van der Waals surface area contributed by atoms with Gasteiger partial charge in [-0.25, -0.2) is 9.59 Å². The molecule has 0 aliphatic carbocycles. The molecule has 0 unspecified atom stereocenters. The van der Waals surface area contributed by atoms with E-state index in [1.165, 1.54) is 43.4 Å². The number of amides is 1. The van der Waals surface area contributed by atoms with Crippen molar-refractivity contribution in [3.8, 4) is 0 Å². The number of carbonyl (C=O) groups is 2. The lowest BCUT2D eigenvalue weighted by atomic mass is 9.90. The molecule has 0 spiro atoms. The lowest BCUT2D eigenvalue weighted by molar-refractivity contribution is -0.141. The molecule has 0 fully saturated rings. The fraction of sp³-hybridized carbons (Fsp3) is 0.250. The Labute approximate surface area is 221 Å². The van der Waals surface area contributed by atoms with Crippen LogP contribution in [0.25, 0.3) is 32.3 Å². The second-order valence-corrected chi connectivity index (χ2v) is 10.6. The molecule has 5 rings (SSSR count). The Bertz CT molecular complexity index is 1580. The molecule has 1 amide bonds. The quantitative estimate of drug-likeness (QED) is 0.228. The largest absolute Gasteiger partial charge is 0.480 e. The van der Waals surface area contributed by atoms with E-state index in [0.717, 1.165) is 12.0 Å². The molecule has 5 aromatic rings. The highest BCUT2D eigenvalue weighted by atomic mass is 16.6. The summed E-state index contributed by atoms with van der Waals surface area (Å²) in [5.41, 5.74) is 2.66. The molecule has 0 aliphatic heterocycles. The van der Waals surface area contributed by atoms with Gasteiger partial charge in [-0.3, -0.25) is 0 Å². The number of aliphatic carboxylic acids is 1. The molecule has 1 atom stereocenters. The normalized spacial score (nSPS) is 12.7. The number of carbonyl (C=O) groups excluding carboxylic acids is 1. The Morgan fingerprint density at radius 1 is 0.816 bits per heavy atom. The van der Waals surface area contributed by atoms with Crippen LogP contribution in [-0.4, -0.2) is 35.4 Å². The van der Waals surface area contributed by atoms with E-state index in [4.69, 9.17) is 9.47 Å². The highest BCUT2D eigenvalue weighted by Crippen LogP contribution is 2.36. The van der Waals surface area contributed by atoms with E-state index in [-0.39, 0.29) is 13.2 Å². The van der Waals surface area contributed by atoms with Gasteiger partial charge in [0.2, 0.25) is 0 Å². The van der Waals surface area contributed by atoms with E-state index in [1.807, 2.05) is 12.1 Å². The maximum Gasteiger partial charge on any atom is 0.408 e. The van der Waals surface area contributed by atoms with Gasteiger partial charge in [0.15, 0.2) is 6.04 Å². The van der Waals surface area contributed by atoms with Crippen LogP contribution >= 0.6 is 0 Å². The molecule has 38 heavy (non-hydrogen) atoms. The van der Waals surface area contributed by atoms with E-state index in [9.17, 15) is 14.7 Å². The van der Waals surface area contributed by atoms with Crippen molar-refractivity contribution in [3.05, 3.63) is 95.6 Å². The molecule has 0 aliphatic rings. The SMILES string of the molecule is CC(C)(C)OC(=O)N[C@@H](COCc1ccc(Cc2ccc3ccc4cccc5ccc2c3c45)cc1)C(=O)O. The van der Waals surface area contributed by atoms with Gasteiger partial charge in [0, 0.05) is 0 Å². The van der Waals surface area contributed by atoms with Crippen LogP contribution in [0.1, 0.15) is 37.5 Å². The number of nitrogens with one attached hydrogen (secondary N) is 1. The Morgan fingerprint density at radius 3 is 2.08 bits per heavy atom. The zero-order chi connectivity index (χ0) is 26.9. The van der Waals surface area contributed by atoms with E-state index >= 15 is 0 Å². The van der Waals surface area contributed by atoms with E-state index in [1.54, 1.807) is 20.8 Å². The van der Waals surface area contributed by atoms with Crippen LogP contribution < -0.4 is 5.32 Å². The standard InChI is InChI=1S/C32H31NO5/c1-32(2,3)38-31(36)33-27(30(34)35)19-37-18-21-9-7-20(8-10-21)17-25-14-13-24-12-11-22-5-4-6-23-15-16-26(25)29(24)28(22)23/h4-16,27H,17-19H2,1-3H3,(H,33,36)(H,34,35)/t27-/m0/s1. The molecule has 2 N–H and O–H groups in total. The molecule has 0 saturated heterocycles. The van der Waals surface area contributed by atoms with Crippen LogP contribution in [0.15, 0.2) is 78.9 Å². The molecule has 0 bridgehead atoms. The third-order valence-corrected chi connectivity index (χ3v) is 6.58. The topological polar surface area (TPSA) is 84.9 Å². The van der Waals surface area contributed by atoms with Crippen molar-refractivity contribution >= 4 is 44.4 Å². The summed E-state index contributed by atoms with van der Waals surface area (Å²) in [7, 11) is 0. The van der Waals surface area contributed by atoms with Gasteiger partial charge in [-0.15, -0.1) is 0 Å². The fourth-order valence-corrected chi connectivity index (χ4v) is 4.84. The minimum atomic E-state index is -1.20. The predicted octanol–water partition coefficient (Wildman–Crippen LogP) is 6.67. The predicted molar refractivity (Wildman–Crippen MR) is 150 cm³/mol. The van der Waals surface area contributed by atoms with Crippen LogP contribution in [0, 0.1) is 0 Å². The second kappa shape index (κ2) is 10.3. The number of ether oxygens (including phenoxy) is 2. The lowest BCUT2D eigenvalue weighted by Crippen LogP contribution is -2.46. The smallest absolute Gasteiger partial charge is 0.408 e. The Kier molecular flexibility index (Phi) is 6.91. The van der Waals surface area contributed by atoms with Crippen LogP contribution in [0.3, 0.4) is 0 Å². The highest BCUT2D eigenvalue weighted by molar-refractivity contribution is 6.23. The number of alkyl carbamates (subject to hydrolysis) is 1. The molecular formula is C32H31NO5. The first kappa shape index (κ1) is 25.5. The maximum absolute atomic E-state index is 11.9. The van der Waals surface area contributed by atoms with Gasteiger partial charge in [0.1, 0.15) is 5.60 Å². The molecule has 5 aromatic carbocycles. The summed E-state index contributed by atoms with van der Waals surface area (Å²) in [6.07, 6.45) is 0.0144. The van der Waals surface area contributed by atoms with E-state index < -0.39 is 23.7 Å². The summed E-state index contributed by atoms with van der Waals surface area (Å²) in [5, 5.41) is 19.4. The zero-order valence-electron chi connectivity index (χ0n) is 21.8. The average Bonchev–Trinajstić information content (AvgIpc) is 2.87. The Morgan fingerprint density at radius 2 is 1.42 bits per heavy atom. The first-order valence-corrected chi connectivity index (χ1v) is 12.7. The number of carboxylic acids is 1. The molecule has 0 aromatic heterocycles. The van der Waals surface area contributed by atoms with Crippen molar-refractivity contribution in [2.45, 2.75) is 45.4 Å². The number of hydrogen-bond acceptors (Lipinski definition) is 4. The Balaban J connectivity index is 1.25. The van der Waals surface area contributed by atoms with Gasteiger partial charge >= 0.3 is 12.1 Å². The van der Waals surface area contributed by atoms with Gasteiger partial charge in [0.25, 0.3) is 0 Å². The summed E-state index contributed by atoms with van der Waals surface area (Å²) in [6, 6.07) is 26.6. The Hall–Kier alpha value is -4.16. The fourth-order valence-electron chi connectivity index (χ4n) is 4.84. The van der Waals surface area contributed by atoms with Gasteiger partial charge in [-0.05, 0) is 76.2 Å². The van der Waals surface area contributed by atoms with Gasteiger partial charge < -0.3 is 19.9 Å². The molecule has 0 radical (unpaired) electrons. The third kappa shape index (κ3) is 5.55. The highest BCUT2D eigenvalue weighted by Gasteiger charge is 2.24. The van der Waals surface area contributed by atoms with E-state index in [0.29, 0.717) is 0 Å². The molecule has 6 nitrogen and oxygen atoms in total. The maximum atomic E-state index is 11.9. The number of rotatable bonds is 8. The minimum Gasteiger partial charge on any atom is -0.480 e. The number of carboxylic acid groups (broad SMARTS) is 1. The van der Waals surface area contributed by atoms with Crippen molar-refractivity contribution < 1.29 is 24.2 Å². The summed E-state index contributed by atoms with van der Waals surface area (Å²) >= 11 is 0. The number of benzene rings is 5. The lowest BCUT2D eigenvalue weighted by Gasteiger charge is -2.22. The average molecular weight is 510 g/mol. The second-order valence-electron chi connectivity index (χ2n) is 10.6. The number of hydrogen-bond donors (Lipinski definition) is 2. The van der Waals surface area contributed by atoms with Gasteiger partial charge in [-0.1, -0.05) is 78.9 Å². The van der Waals surface area contributed by atoms with Crippen molar-refractivity contribution in [2.75, 3.05) is 6.61 Å². The van der Waals surface area contributed by atoms with Crippen LogP contribution in [0.4, 0.5) is 4.79 Å². The van der Waals surface area contributed by atoms with Crippen molar-refractivity contribution in [1.82, 2.24) is 5.32 Å². The summed E-state index contributed by atoms with van der Waals surface area (Å²) in [4.78, 5) is 23.4. The summed E-state index contributed by atoms with van der Waals surface area (Å²) in [5.74, 6) is -1.18.